The molecule has 0 atom stereocenters. The third-order valence-corrected chi connectivity index (χ3v) is 5.70. The van der Waals surface area contributed by atoms with Gasteiger partial charge in [0.05, 0.1) is 12.1 Å². The molecule has 0 spiro atoms. The van der Waals surface area contributed by atoms with Gasteiger partial charge >= 0.3 is 0 Å². The van der Waals surface area contributed by atoms with Crippen molar-refractivity contribution in [3.05, 3.63) is 71.3 Å². The highest BCUT2D eigenvalue weighted by atomic mass is 35.5. The van der Waals surface area contributed by atoms with E-state index in [2.05, 4.69) is 22.0 Å². The zero-order valence-electron chi connectivity index (χ0n) is 17.3. The second kappa shape index (κ2) is 11.1. The summed E-state index contributed by atoms with van der Waals surface area (Å²) in [6.45, 7) is 1.49. The molecule has 160 valence electrons. The number of nitrogens with zero attached hydrogens (tertiary/aromatic N) is 1. The van der Waals surface area contributed by atoms with E-state index in [4.69, 9.17) is 22.2 Å². The van der Waals surface area contributed by atoms with Gasteiger partial charge in [-0.3, -0.25) is 4.79 Å². The Morgan fingerprint density at radius 3 is 2.37 bits per heavy atom. The number of ether oxygens (including phenoxy) is 1. The molecule has 30 heavy (non-hydrogen) atoms. The van der Waals surface area contributed by atoms with Crippen molar-refractivity contribution in [3.8, 4) is 0 Å². The molecule has 0 aliphatic heterocycles. The molecule has 1 saturated carbocycles. The Bertz CT molecular complexity index is 833. The number of benzene rings is 2. The van der Waals surface area contributed by atoms with E-state index in [1.165, 1.54) is 24.0 Å². The molecule has 1 amide bonds. The first-order valence-corrected chi connectivity index (χ1v) is 10.9. The van der Waals surface area contributed by atoms with Crippen molar-refractivity contribution in [2.45, 2.75) is 57.1 Å². The molecule has 0 radical (unpaired) electrons. The van der Waals surface area contributed by atoms with Gasteiger partial charge in [0.25, 0.3) is 5.91 Å². The van der Waals surface area contributed by atoms with Crippen LogP contribution in [0.4, 0.5) is 0 Å². The average molecular weight is 428 g/mol. The summed E-state index contributed by atoms with van der Waals surface area (Å²) in [5.74, 6) is 0.137. The predicted octanol–water partition coefficient (Wildman–Crippen LogP) is 4.78. The van der Waals surface area contributed by atoms with E-state index in [-0.39, 0.29) is 11.7 Å². The van der Waals surface area contributed by atoms with E-state index in [1.54, 1.807) is 0 Å². The second-order valence-corrected chi connectivity index (χ2v) is 8.07. The standard InChI is InChI=1S/C24H30ClN3O2/c25-28-23(26)24(15-16-24)27-22(29)21-13-11-19(12-14-21)8-4-1-2-7-17-30-18-20-9-5-3-6-10-20/h3,5-6,9-14H,1-2,4,7-8,15-18H2,(H2,26,28)(H,27,29). The quantitative estimate of drug-likeness (QED) is 0.290. The van der Waals surface area contributed by atoms with Crippen LogP contribution < -0.4 is 11.1 Å². The van der Waals surface area contributed by atoms with E-state index >= 15 is 0 Å². The summed E-state index contributed by atoms with van der Waals surface area (Å²) in [6, 6.07) is 18.0. The summed E-state index contributed by atoms with van der Waals surface area (Å²) >= 11 is 5.45. The summed E-state index contributed by atoms with van der Waals surface area (Å²) in [6.07, 6.45) is 7.13. The third kappa shape index (κ3) is 6.57. The van der Waals surface area contributed by atoms with Crippen LogP contribution in [-0.4, -0.2) is 23.9 Å². The summed E-state index contributed by atoms with van der Waals surface area (Å²) in [5.41, 5.74) is 8.33. The summed E-state index contributed by atoms with van der Waals surface area (Å²) in [7, 11) is 0. The Morgan fingerprint density at radius 2 is 1.70 bits per heavy atom. The Morgan fingerprint density at radius 1 is 1.00 bits per heavy atom. The van der Waals surface area contributed by atoms with E-state index in [0.29, 0.717) is 12.2 Å². The highest BCUT2D eigenvalue weighted by molar-refractivity contribution is 6.21. The molecule has 3 rings (SSSR count). The van der Waals surface area contributed by atoms with Gasteiger partial charge in [0.15, 0.2) is 0 Å². The number of nitrogens with two attached hydrogens (primary N) is 1. The van der Waals surface area contributed by atoms with Crippen molar-refractivity contribution in [1.82, 2.24) is 5.32 Å². The van der Waals surface area contributed by atoms with Crippen LogP contribution in [-0.2, 0) is 17.8 Å². The lowest BCUT2D eigenvalue weighted by Crippen LogP contribution is -2.46. The molecule has 0 bridgehead atoms. The number of carbonyl (C=O) groups is 1. The Balaban J connectivity index is 1.29. The van der Waals surface area contributed by atoms with Crippen molar-refractivity contribution in [3.63, 3.8) is 0 Å². The molecule has 0 saturated heterocycles. The number of amides is 1. The number of amidine groups is 1. The fourth-order valence-corrected chi connectivity index (χ4v) is 3.58. The first kappa shape index (κ1) is 22.3. The van der Waals surface area contributed by atoms with E-state index in [1.807, 2.05) is 42.5 Å². The molecular formula is C24H30ClN3O2. The van der Waals surface area contributed by atoms with Gasteiger partial charge in [0.2, 0.25) is 0 Å². The minimum Gasteiger partial charge on any atom is -0.384 e. The van der Waals surface area contributed by atoms with Gasteiger partial charge in [-0.2, -0.15) is 4.51 Å². The largest absolute Gasteiger partial charge is 0.384 e. The first-order valence-electron chi connectivity index (χ1n) is 10.6. The zero-order valence-corrected chi connectivity index (χ0v) is 18.0. The molecule has 0 unspecified atom stereocenters. The van der Waals surface area contributed by atoms with Gasteiger partial charge in [-0.05, 0) is 55.4 Å². The van der Waals surface area contributed by atoms with Gasteiger partial charge in [-0.1, -0.05) is 55.3 Å². The van der Waals surface area contributed by atoms with Crippen LogP contribution in [0.15, 0.2) is 59.1 Å². The fourth-order valence-electron chi connectivity index (χ4n) is 3.41. The van der Waals surface area contributed by atoms with Crippen LogP contribution in [0.2, 0.25) is 0 Å². The summed E-state index contributed by atoms with van der Waals surface area (Å²) in [4.78, 5) is 12.4. The lowest BCUT2D eigenvalue weighted by Gasteiger charge is -2.16. The number of hydrogen-bond acceptors (Lipinski definition) is 3. The molecule has 0 heterocycles. The number of hydrogen-bond donors (Lipinski definition) is 2. The lowest BCUT2D eigenvalue weighted by atomic mass is 10.0. The maximum absolute atomic E-state index is 12.4. The van der Waals surface area contributed by atoms with Gasteiger partial charge in [-0.15, -0.1) is 0 Å². The highest BCUT2D eigenvalue weighted by Crippen LogP contribution is 2.36. The predicted molar refractivity (Wildman–Crippen MR) is 122 cm³/mol. The zero-order chi connectivity index (χ0) is 21.2. The van der Waals surface area contributed by atoms with Crippen molar-refractivity contribution >= 4 is 23.5 Å². The van der Waals surface area contributed by atoms with E-state index in [0.717, 1.165) is 38.7 Å². The van der Waals surface area contributed by atoms with Crippen molar-refractivity contribution in [1.29, 1.82) is 0 Å². The third-order valence-electron chi connectivity index (χ3n) is 5.52. The molecular weight excluding hydrogens is 398 g/mol. The number of carbonyl (C=O) groups excluding carboxylic acids is 1. The first-order chi connectivity index (χ1) is 14.6. The minimum atomic E-state index is -0.553. The Labute approximate surface area is 183 Å². The van der Waals surface area contributed by atoms with Gasteiger partial charge < -0.3 is 15.8 Å². The molecule has 6 heteroatoms. The van der Waals surface area contributed by atoms with Crippen LogP contribution in [0.3, 0.4) is 0 Å². The second-order valence-electron chi connectivity index (χ2n) is 7.91. The number of aryl methyl sites for hydroxylation is 1. The number of unbranched alkanes of at least 4 members (excludes halogenated alkanes) is 3. The topological polar surface area (TPSA) is 76.7 Å². The van der Waals surface area contributed by atoms with Crippen molar-refractivity contribution in [2.75, 3.05) is 6.61 Å². The van der Waals surface area contributed by atoms with E-state index in [9.17, 15) is 4.79 Å². The smallest absolute Gasteiger partial charge is 0.252 e. The number of rotatable bonds is 12. The lowest BCUT2D eigenvalue weighted by molar-refractivity contribution is 0.0943. The molecule has 2 aromatic carbocycles. The summed E-state index contributed by atoms with van der Waals surface area (Å²) in [5, 5.41) is 2.95. The van der Waals surface area contributed by atoms with Crippen LogP contribution in [0.5, 0.6) is 0 Å². The van der Waals surface area contributed by atoms with Crippen molar-refractivity contribution in [2.24, 2.45) is 10.2 Å². The molecule has 1 aliphatic carbocycles. The summed E-state index contributed by atoms with van der Waals surface area (Å²) < 4.78 is 9.23. The molecule has 5 nitrogen and oxygen atoms in total. The molecule has 3 N–H and O–H groups in total. The SMILES string of the molecule is N/C(=N\Cl)C1(NC(=O)c2ccc(CCCCCCOCc3ccccc3)cc2)CC1. The van der Waals surface area contributed by atoms with Crippen LogP contribution >= 0.6 is 11.8 Å². The van der Waals surface area contributed by atoms with E-state index < -0.39 is 5.54 Å². The fraction of sp³-hybridized carbons (Fsp3) is 0.417. The van der Waals surface area contributed by atoms with Gasteiger partial charge in [0, 0.05) is 23.9 Å². The van der Waals surface area contributed by atoms with Crippen LogP contribution in [0, 0.1) is 0 Å². The highest BCUT2D eigenvalue weighted by Gasteiger charge is 2.48. The van der Waals surface area contributed by atoms with Crippen LogP contribution in [0.25, 0.3) is 0 Å². The molecule has 0 aromatic heterocycles. The van der Waals surface area contributed by atoms with Gasteiger partial charge in [0.1, 0.15) is 5.84 Å². The molecule has 1 aliphatic rings. The number of nitrogens with one attached hydrogen (secondary N) is 1. The van der Waals surface area contributed by atoms with Crippen LogP contribution in [0.1, 0.15) is 60.0 Å². The average Bonchev–Trinajstić information content (AvgIpc) is 3.56. The molecule has 1 fully saturated rings. The normalized spacial score (nSPS) is 15.0. The van der Waals surface area contributed by atoms with Crippen molar-refractivity contribution < 1.29 is 9.53 Å². The maximum Gasteiger partial charge on any atom is 0.252 e. The Hall–Kier alpha value is -2.37. The number of halogens is 1. The molecule has 2 aromatic rings. The monoisotopic (exact) mass is 427 g/mol. The van der Waals surface area contributed by atoms with Gasteiger partial charge in [-0.25, -0.2) is 0 Å². The Kier molecular flexibility index (Phi) is 8.29. The minimum absolute atomic E-state index is 0.141. The maximum atomic E-state index is 12.4.